The number of hydrogen-bond donors (Lipinski definition) is 1. The van der Waals surface area contributed by atoms with E-state index in [0.717, 1.165) is 80.1 Å². The van der Waals surface area contributed by atoms with Crippen LogP contribution in [-0.2, 0) is 19.5 Å². The van der Waals surface area contributed by atoms with Crippen molar-refractivity contribution < 1.29 is 0 Å². The highest BCUT2D eigenvalue weighted by Crippen LogP contribution is 2.27. The van der Waals surface area contributed by atoms with E-state index in [0.29, 0.717) is 0 Å². The van der Waals surface area contributed by atoms with Crippen molar-refractivity contribution in [2.45, 2.75) is 19.5 Å². The molecule has 7 nitrogen and oxygen atoms in total. The van der Waals surface area contributed by atoms with Gasteiger partial charge in [0.05, 0.1) is 5.69 Å². The molecule has 0 saturated carbocycles. The lowest BCUT2D eigenvalue weighted by Crippen LogP contribution is -2.44. The van der Waals surface area contributed by atoms with Gasteiger partial charge >= 0.3 is 0 Å². The molecule has 3 aromatic rings. The van der Waals surface area contributed by atoms with Gasteiger partial charge in [0, 0.05) is 86.3 Å². The van der Waals surface area contributed by atoms with Crippen LogP contribution in [0.5, 0.6) is 0 Å². The molecule has 156 valence electrons. The van der Waals surface area contributed by atoms with Gasteiger partial charge in [-0.15, -0.1) is 11.3 Å². The van der Waals surface area contributed by atoms with Gasteiger partial charge < -0.3 is 15.5 Å². The first-order valence-electron chi connectivity index (χ1n) is 10.5. The molecule has 2 aliphatic rings. The fourth-order valence-corrected chi connectivity index (χ4v) is 5.02. The molecule has 0 aliphatic carbocycles. The number of piperazine rings is 1. The number of likely N-dealkylation sites (N-methyl/N-ethyl adjacent to an activating group) is 1. The minimum atomic E-state index is 0.756. The Bertz CT molecular complexity index is 1010. The summed E-state index contributed by atoms with van der Waals surface area (Å²) in [4.78, 5) is 22.7. The topological polar surface area (TPSA) is 74.4 Å². The molecule has 0 atom stereocenters. The number of anilines is 2. The lowest BCUT2D eigenvalue weighted by molar-refractivity contribution is 0.245. The third kappa shape index (κ3) is 4.16. The summed E-state index contributed by atoms with van der Waals surface area (Å²) in [6.45, 7) is 7.17. The summed E-state index contributed by atoms with van der Waals surface area (Å²) in [6, 6.07) is 7.75. The number of hydrogen-bond acceptors (Lipinski definition) is 8. The van der Waals surface area contributed by atoms with Gasteiger partial charge in [-0.1, -0.05) is 0 Å². The van der Waals surface area contributed by atoms with Crippen LogP contribution in [0.25, 0.3) is 11.4 Å². The van der Waals surface area contributed by atoms with Crippen LogP contribution in [-0.4, -0.2) is 64.5 Å². The molecule has 2 aliphatic heterocycles. The third-order valence-electron chi connectivity index (χ3n) is 5.88. The van der Waals surface area contributed by atoms with Crippen LogP contribution in [0.1, 0.15) is 16.1 Å². The van der Waals surface area contributed by atoms with Gasteiger partial charge in [-0.25, -0.2) is 15.0 Å². The van der Waals surface area contributed by atoms with Crippen molar-refractivity contribution in [1.29, 1.82) is 0 Å². The number of nitrogen functional groups attached to an aromatic ring is 1. The van der Waals surface area contributed by atoms with Crippen molar-refractivity contribution in [2.75, 3.05) is 50.4 Å². The van der Waals surface area contributed by atoms with Crippen molar-refractivity contribution in [1.82, 2.24) is 24.8 Å². The first-order valence-corrected chi connectivity index (χ1v) is 11.3. The molecule has 1 fully saturated rings. The molecule has 30 heavy (non-hydrogen) atoms. The van der Waals surface area contributed by atoms with E-state index in [-0.39, 0.29) is 0 Å². The molecule has 1 aromatic carbocycles. The van der Waals surface area contributed by atoms with E-state index >= 15 is 0 Å². The van der Waals surface area contributed by atoms with Crippen LogP contribution >= 0.6 is 11.3 Å². The second-order valence-electron chi connectivity index (χ2n) is 8.15. The first-order chi connectivity index (χ1) is 14.6. The summed E-state index contributed by atoms with van der Waals surface area (Å²) >= 11 is 1.83. The quantitative estimate of drug-likeness (QED) is 0.649. The van der Waals surface area contributed by atoms with E-state index in [1.165, 1.54) is 10.4 Å². The fraction of sp³-hybridized carbons (Fsp3) is 0.409. The Balaban J connectivity index is 1.24. The summed E-state index contributed by atoms with van der Waals surface area (Å²) < 4.78 is 0. The van der Waals surface area contributed by atoms with E-state index in [2.05, 4.69) is 32.9 Å². The molecule has 1 saturated heterocycles. The molecule has 8 heteroatoms. The van der Waals surface area contributed by atoms with Crippen LogP contribution in [0.2, 0.25) is 0 Å². The SMILES string of the molecule is CN1CCN(c2ncc(CN3CCc4nc(-c5ccc(N)cc5)ncc4C3)s2)CC1. The average Bonchev–Trinajstić information content (AvgIpc) is 3.23. The number of rotatable bonds is 4. The van der Waals surface area contributed by atoms with E-state index in [9.17, 15) is 0 Å². The van der Waals surface area contributed by atoms with Gasteiger partial charge in [0.1, 0.15) is 0 Å². The average molecular weight is 422 g/mol. The van der Waals surface area contributed by atoms with Gasteiger partial charge in [-0.3, -0.25) is 4.90 Å². The Labute approximate surface area is 181 Å². The monoisotopic (exact) mass is 421 g/mol. The first kappa shape index (κ1) is 19.4. The smallest absolute Gasteiger partial charge is 0.185 e. The van der Waals surface area contributed by atoms with Crippen molar-refractivity contribution in [3.63, 3.8) is 0 Å². The number of thiazole rings is 1. The number of aromatic nitrogens is 3. The van der Waals surface area contributed by atoms with Crippen molar-refractivity contribution >= 4 is 22.2 Å². The van der Waals surface area contributed by atoms with Gasteiger partial charge in [-0.2, -0.15) is 0 Å². The van der Waals surface area contributed by atoms with Crippen LogP contribution in [0, 0.1) is 0 Å². The molecule has 0 radical (unpaired) electrons. The van der Waals surface area contributed by atoms with Crippen molar-refractivity contribution in [2.24, 2.45) is 0 Å². The third-order valence-corrected chi connectivity index (χ3v) is 6.92. The largest absolute Gasteiger partial charge is 0.399 e. The Kier molecular flexibility index (Phi) is 5.37. The summed E-state index contributed by atoms with van der Waals surface area (Å²) in [5, 5.41) is 1.16. The molecule has 0 spiro atoms. The summed E-state index contributed by atoms with van der Waals surface area (Å²) in [6.07, 6.45) is 4.99. The molecule has 0 amide bonds. The van der Waals surface area contributed by atoms with E-state index in [1.807, 2.05) is 41.8 Å². The van der Waals surface area contributed by atoms with Gasteiger partial charge in [0.2, 0.25) is 0 Å². The molecule has 2 aromatic heterocycles. The highest BCUT2D eigenvalue weighted by molar-refractivity contribution is 7.15. The van der Waals surface area contributed by atoms with Crippen LogP contribution in [0.3, 0.4) is 0 Å². The van der Waals surface area contributed by atoms with Crippen LogP contribution < -0.4 is 10.6 Å². The van der Waals surface area contributed by atoms with Crippen molar-refractivity contribution in [3.05, 3.63) is 52.8 Å². The lowest BCUT2D eigenvalue weighted by atomic mass is 10.1. The maximum atomic E-state index is 5.79. The second-order valence-corrected chi connectivity index (χ2v) is 9.24. The Morgan fingerprint density at radius 3 is 2.60 bits per heavy atom. The van der Waals surface area contributed by atoms with Gasteiger partial charge in [-0.05, 0) is 31.3 Å². The Morgan fingerprint density at radius 1 is 1.00 bits per heavy atom. The Morgan fingerprint density at radius 2 is 1.80 bits per heavy atom. The zero-order chi connectivity index (χ0) is 20.5. The highest BCUT2D eigenvalue weighted by atomic mass is 32.1. The molecule has 4 heterocycles. The minimum Gasteiger partial charge on any atom is -0.399 e. The zero-order valence-electron chi connectivity index (χ0n) is 17.3. The molecular formula is C22H27N7S. The van der Waals surface area contributed by atoms with E-state index < -0.39 is 0 Å². The van der Waals surface area contributed by atoms with Crippen LogP contribution in [0.4, 0.5) is 10.8 Å². The Hall–Kier alpha value is -2.55. The summed E-state index contributed by atoms with van der Waals surface area (Å²) in [5.41, 5.74) is 9.94. The maximum absolute atomic E-state index is 5.79. The minimum absolute atomic E-state index is 0.756. The molecule has 0 unspecified atom stereocenters. The number of fused-ring (bicyclic) bond motifs is 1. The summed E-state index contributed by atoms with van der Waals surface area (Å²) in [7, 11) is 2.18. The lowest BCUT2D eigenvalue weighted by Gasteiger charge is -2.32. The standard InChI is InChI=1S/C22H27N7S/c1-27-8-10-29(11-9-27)22-25-13-19(30-22)15-28-7-6-20-17(14-28)12-24-21(26-20)16-2-4-18(23)5-3-16/h2-5,12-13H,6-11,14-15,23H2,1H3. The number of benzene rings is 1. The normalized spacial score (nSPS) is 17.8. The highest BCUT2D eigenvalue weighted by Gasteiger charge is 2.21. The van der Waals surface area contributed by atoms with Crippen molar-refractivity contribution in [3.8, 4) is 11.4 Å². The van der Waals surface area contributed by atoms with Gasteiger partial charge in [0.15, 0.2) is 11.0 Å². The van der Waals surface area contributed by atoms with Crippen LogP contribution in [0.15, 0.2) is 36.7 Å². The number of nitrogens with two attached hydrogens (primary N) is 1. The summed E-state index contributed by atoms with van der Waals surface area (Å²) in [5.74, 6) is 0.779. The predicted molar refractivity (Wildman–Crippen MR) is 122 cm³/mol. The number of nitrogens with zero attached hydrogens (tertiary/aromatic N) is 6. The maximum Gasteiger partial charge on any atom is 0.185 e. The predicted octanol–water partition coefficient (Wildman–Crippen LogP) is 2.49. The van der Waals surface area contributed by atoms with E-state index in [1.54, 1.807) is 0 Å². The molecular weight excluding hydrogens is 394 g/mol. The fourth-order valence-electron chi connectivity index (χ4n) is 4.02. The second kappa shape index (κ2) is 8.29. The molecule has 5 rings (SSSR count). The zero-order valence-corrected chi connectivity index (χ0v) is 18.1. The molecule has 2 N–H and O–H groups in total. The van der Waals surface area contributed by atoms with Gasteiger partial charge in [0.25, 0.3) is 0 Å². The molecule has 0 bridgehead atoms. The van der Waals surface area contributed by atoms with E-state index in [4.69, 9.17) is 15.7 Å².